The molecule has 0 heterocycles. The van der Waals surface area contributed by atoms with E-state index in [-0.39, 0.29) is 5.57 Å². The second-order valence-electron chi connectivity index (χ2n) is 10.7. The molecule has 0 amide bonds. The molecule has 1 N–H and O–H groups in total. The van der Waals surface area contributed by atoms with Crippen LogP contribution in [0.1, 0.15) is 114 Å². The maximum Gasteiger partial charge on any atom is 0.335 e. The van der Waals surface area contributed by atoms with E-state index in [4.69, 9.17) is 0 Å². The lowest BCUT2D eigenvalue weighted by molar-refractivity contribution is -0.137. The fraction of sp³-hybridized carbons (Fsp3) is 0.556. The Balaban J connectivity index is 0.000000418. The van der Waals surface area contributed by atoms with Gasteiger partial charge in [0.1, 0.15) is 6.29 Å². The molecule has 2 aromatic rings. The summed E-state index contributed by atoms with van der Waals surface area (Å²) in [5.41, 5.74) is 3.04. The van der Waals surface area contributed by atoms with Gasteiger partial charge in [-0.1, -0.05) is 138 Å². The Labute approximate surface area is 244 Å². The van der Waals surface area contributed by atoms with E-state index >= 15 is 0 Å². The second-order valence-corrected chi connectivity index (χ2v) is 10.7. The van der Waals surface area contributed by atoms with Crippen LogP contribution in [0.3, 0.4) is 0 Å². The molecular formula is C36H54O4. The lowest BCUT2D eigenvalue weighted by Crippen LogP contribution is -2.18. The first kappa shape index (κ1) is 35.3. The predicted octanol–water partition coefficient (Wildman–Crippen LogP) is 8.99. The van der Waals surface area contributed by atoms with Crippen molar-refractivity contribution >= 4 is 12.3 Å². The van der Waals surface area contributed by atoms with Gasteiger partial charge in [0.25, 0.3) is 0 Å². The van der Waals surface area contributed by atoms with Crippen LogP contribution in [0.15, 0.2) is 72.8 Å². The van der Waals surface area contributed by atoms with Crippen molar-refractivity contribution in [3.8, 4) is 0 Å². The number of rotatable bonds is 22. The number of aliphatic hydroxyl groups is 1. The van der Waals surface area contributed by atoms with E-state index in [9.17, 15) is 14.7 Å². The molecule has 0 saturated carbocycles. The van der Waals surface area contributed by atoms with Gasteiger partial charge in [-0.2, -0.15) is 0 Å². The largest absolute Gasteiger partial charge is 0.466 e. The van der Waals surface area contributed by atoms with Gasteiger partial charge in [-0.15, -0.1) is 0 Å². The zero-order chi connectivity index (χ0) is 29.1. The fourth-order valence-corrected chi connectivity index (χ4v) is 4.72. The molecule has 4 heteroatoms. The van der Waals surface area contributed by atoms with Crippen LogP contribution in [0.2, 0.25) is 0 Å². The van der Waals surface area contributed by atoms with E-state index in [0.29, 0.717) is 6.42 Å². The van der Waals surface area contributed by atoms with Gasteiger partial charge in [-0.3, -0.25) is 0 Å². The Hall–Kier alpha value is -2.72. The molecule has 4 nitrogen and oxygen atoms in total. The summed E-state index contributed by atoms with van der Waals surface area (Å²) in [6, 6.07) is 21.3. The standard InChI is InChI=1S/C20H30O3.C16H24O/c1-17(20(22)23-2)19(21)16-12-7-5-3-4-6-9-13-18-14-10-8-11-15-18;17-15-11-6-4-2-1-3-5-8-12-16-13-9-7-10-14-16/h8,10-11,14-15,19,21H,1,3-7,9,12-13,16H2,2H3;7,9-10,13-15H,1-6,8,11-12H2. The van der Waals surface area contributed by atoms with Gasteiger partial charge in [0.2, 0.25) is 0 Å². The van der Waals surface area contributed by atoms with Gasteiger partial charge in [0, 0.05) is 6.42 Å². The first-order chi connectivity index (χ1) is 19.6. The third kappa shape index (κ3) is 19.4. The average Bonchev–Trinajstić information content (AvgIpc) is 3.00. The number of hydrogen-bond donors (Lipinski definition) is 1. The van der Waals surface area contributed by atoms with Gasteiger partial charge in [-0.05, 0) is 49.7 Å². The van der Waals surface area contributed by atoms with Crippen LogP contribution in [0, 0.1) is 0 Å². The maximum atomic E-state index is 11.2. The van der Waals surface area contributed by atoms with Crippen molar-refractivity contribution in [2.45, 2.75) is 122 Å². The number of aldehydes is 1. The van der Waals surface area contributed by atoms with Crippen molar-refractivity contribution < 1.29 is 19.4 Å². The molecule has 0 aromatic heterocycles. The summed E-state index contributed by atoms with van der Waals surface area (Å²) in [7, 11) is 1.30. The molecule has 222 valence electrons. The summed E-state index contributed by atoms with van der Waals surface area (Å²) in [6.45, 7) is 3.57. The molecule has 40 heavy (non-hydrogen) atoms. The van der Waals surface area contributed by atoms with E-state index in [1.54, 1.807) is 0 Å². The van der Waals surface area contributed by atoms with Gasteiger partial charge < -0.3 is 14.6 Å². The number of esters is 1. The molecule has 0 radical (unpaired) electrons. The highest BCUT2D eigenvalue weighted by atomic mass is 16.5. The molecule has 0 aliphatic rings. The first-order valence-corrected chi connectivity index (χ1v) is 15.5. The number of carbonyl (C=O) groups excluding carboxylic acids is 2. The number of benzene rings is 2. The summed E-state index contributed by atoms with van der Waals surface area (Å²) in [6.07, 6.45) is 21.1. The predicted molar refractivity (Wildman–Crippen MR) is 167 cm³/mol. The van der Waals surface area contributed by atoms with Crippen LogP contribution < -0.4 is 0 Å². The van der Waals surface area contributed by atoms with Crippen LogP contribution in [0.4, 0.5) is 0 Å². The van der Waals surface area contributed by atoms with Crippen molar-refractivity contribution in [2.75, 3.05) is 7.11 Å². The summed E-state index contributed by atoms with van der Waals surface area (Å²) < 4.78 is 4.55. The SMILES string of the molecule is C=C(C(=O)OC)C(O)CCCCCCCCCc1ccccc1.O=CCCCCCCCCCc1ccccc1. The number of aliphatic hydroxyl groups excluding tert-OH is 1. The monoisotopic (exact) mass is 550 g/mol. The third-order valence-electron chi connectivity index (χ3n) is 7.27. The van der Waals surface area contributed by atoms with Crippen LogP contribution in [-0.2, 0) is 27.2 Å². The zero-order valence-electron chi connectivity index (χ0n) is 25.0. The van der Waals surface area contributed by atoms with Crippen LogP contribution >= 0.6 is 0 Å². The highest BCUT2D eigenvalue weighted by Gasteiger charge is 2.16. The normalized spacial score (nSPS) is 11.2. The lowest BCUT2D eigenvalue weighted by Gasteiger charge is -2.11. The molecule has 0 aliphatic carbocycles. The number of hydrogen-bond acceptors (Lipinski definition) is 4. The van der Waals surface area contributed by atoms with Crippen LogP contribution in [0.25, 0.3) is 0 Å². The Morgan fingerprint density at radius 1 is 0.700 bits per heavy atom. The van der Waals surface area contributed by atoms with E-state index in [1.165, 1.54) is 102 Å². The molecule has 1 unspecified atom stereocenters. The van der Waals surface area contributed by atoms with Crippen molar-refractivity contribution in [2.24, 2.45) is 0 Å². The van der Waals surface area contributed by atoms with Gasteiger partial charge >= 0.3 is 5.97 Å². The summed E-state index contributed by atoms with van der Waals surface area (Å²) >= 11 is 0. The minimum atomic E-state index is -0.770. The van der Waals surface area contributed by atoms with Crippen LogP contribution in [-0.4, -0.2) is 30.6 Å². The number of aryl methyl sites for hydroxylation is 2. The molecule has 0 bridgehead atoms. The minimum Gasteiger partial charge on any atom is -0.466 e. The smallest absolute Gasteiger partial charge is 0.335 e. The summed E-state index contributed by atoms with van der Waals surface area (Å²) in [4.78, 5) is 21.3. The van der Waals surface area contributed by atoms with Crippen molar-refractivity contribution in [3.63, 3.8) is 0 Å². The Kier molecular flexibility index (Phi) is 22.3. The highest BCUT2D eigenvalue weighted by molar-refractivity contribution is 5.88. The Bertz CT molecular complexity index is 878. The van der Waals surface area contributed by atoms with E-state index < -0.39 is 12.1 Å². The Morgan fingerprint density at radius 2 is 1.10 bits per heavy atom. The highest BCUT2D eigenvalue weighted by Crippen LogP contribution is 2.15. The van der Waals surface area contributed by atoms with Crippen molar-refractivity contribution in [1.82, 2.24) is 0 Å². The topological polar surface area (TPSA) is 63.6 Å². The quantitative estimate of drug-likeness (QED) is 0.0687. The summed E-state index contributed by atoms with van der Waals surface area (Å²) in [5.74, 6) is -0.518. The molecular weight excluding hydrogens is 496 g/mol. The molecule has 1 atom stereocenters. The zero-order valence-corrected chi connectivity index (χ0v) is 25.0. The van der Waals surface area contributed by atoms with E-state index in [0.717, 1.165) is 32.0 Å². The number of methoxy groups -OCH3 is 1. The fourth-order valence-electron chi connectivity index (χ4n) is 4.72. The van der Waals surface area contributed by atoms with Crippen molar-refractivity contribution in [3.05, 3.63) is 83.9 Å². The molecule has 0 saturated heterocycles. The minimum absolute atomic E-state index is 0.161. The molecule has 0 spiro atoms. The maximum absolute atomic E-state index is 11.2. The van der Waals surface area contributed by atoms with Gasteiger partial charge in [0.15, 0.2) is 0 Å². The van der Waals surface area contributed by atoms with E-state index in [2.05, 4.69) is 72.0 Å². The number of unbranched alkanes of at least 4 members (excludes halogenated alkanes) is 13. The van der Waals surface area contributed by atoms with E-state index in [1.807, 2.05) is 0 Å². The van der Waals surface area contributed by atoms with Gasteiger partial charge in [-0.25, -0.2) is 4.79 Å². The molecule has 0 aliphatic heterocycles. The summed E-state index contributed by atoms with van der Waals surface area (Å²) in [5, 5.41) is 9.80. The van der Waals surface area contributed by atoms with Gasteiger partial charge in [0.05, 0.1) is 18.8 Å². The Morgan fingerprint density at radius 3 is 1.52 bits per heavy atom. The number of carbonyl (C=O) groups is 2. The average molecular weight is 551 g/mol. The molecule has 2 rings (SSSR count). The number of ether oxygens (including phenoxy) is 1. The third-order valence-corrected chi connectivity index (χ3v) is 7.27. The second kappa shape index (κ2) is 25.3. The van der Waals surface area contributed by atoms with Crippen LogP contribution in [0.5, 0.6) is 0 Å². The molecule has 0 fully saturated rings. The molecule has 2 aromatic carbocycles. The first-order valence-electron chi connectivity index (χ1n) is 15.5. The van der Waals surface area contributed by atoms with Crippen molar-refractivity contribution in [1.29, 1.82) is 0 Å². The lowest BCUT2D eigenvalue weighted by atomic mass is 10.0.